The predicted octanol–water partition coefficient (Wildman–Crippen LogP) is 0.901. The van der Waals surface area contributed by atoms with Crippen LogP contribution in [0.3, 0.4) is 0 Å². The third kappa shape index (κ3) is 1.99. The molecule has 2 aromatic heterocycles. The Morgan fingerprint density at radius 3 is 3.00 bits per heavy atom. The molecular formula is C10H9N5. The molecule has 0 unspecified atom stereocenters. The maximum Gasteiger partial charge on any atom is 0.252 e. The summed E-state index contributed by atoms with van der Waals surface area (Å²) in [5.74, 6) is 0.184. The number of pyridine rings is 1. The number of aryl methyl sites for hydroxylation is 1. The molecule has 5 heteroatoms. The van der Waals surface area contributed by atoms with Gasteiger partial charge in [0.15, 0.2) is 0 Å². The van der Waals surface area contributed by atoms with Gasteiger partial charge in [-0.05, 0) is 18.6 Å². The standard InChI is InChI=1S/C10H9N5/c1-8-3-2-4-12-9(8)6-15-7-13-10(5-11)14-15/h2-4,7H,6H2,1H3. The number of hydrogen-bond acceptors (Lipinski definition) is 4. The molecule has 0 aliphatic heterocycles. The van der Waals surface area contributed by atoms with Gasteiger partial charge < -0.3 is 0 Å². The summed E-state index contributed by atoms with van der Waals surface area (Å²) in [5.41, 5.74) is 2.04. The molecule has 0 spiro atoms. The summed E-state index contributed by atoms with van der Waals surface area (Å²) in [4.78, 5) is 8.06. The number of nitriles is 1. The summed E-state index contributed by atoms with van der Waals surface area (Å²) in [5, 5.41) is 12.5. The number of rotatable bonds is 2. The van der Waals surface area contributed by atoms with Crippen molar-refractivity contribution in [2.45, 2.75) is 13.5 Å². The Hall–Kier alpha value is -2.22. The zero-order chi connectivity index (χ0) is 10.7. The Kier molecular flexibility index (Phi) is 2.42. The fraction of sp³-hybridized carbons (Fsp3) is 0.200. The highest BCUT2D eigenvalue weighted by Crippen LogP contribution is 2.04. The molecule has 0 radical (unpaired) electrons. The van der Waals surface area contributed by atoms with E-state index in [-0.39, 0.29) is 5.82 Å². The van der Waals surface area contributed by atoms with Gasteiger partial charge in [-0.15, -0.1) is 5.10 Å². The van der Waals surface area contributed by atoms with Crippen molar-refractivity contribution in [3.63, 3.8) is 0 Å². The molecule has 0 saturated carbocycles. The van der Waals surface area contributed by atoms with Gasteiger partial charge >= 0.3 is 0 Å². The van der Waals surface area contributed by atoms with Gasteiger partial charge in [0.25, 0.3) is 5.82 Å². The molecule has 0 amide bonds. The number of nitrogens with zero attached hydrogens (tertiary/aromatic N) is 5. The zero-order valence-corrected chi connectivity index (χ0v) is 8.25. The van der Waals surface area contributed by atoms with Gasteiger partial charge in [-0.2, -0.15) is 5.26 Å². The first-order valence-electron chi connectivity index (χ1n) is 4.49. The highest BCUT2D eigenvalue weighted by atomic mass is 15.3. The predicted molar refractivity (Wildman–Crippen MR) is 52.8 cm³/mol. The largest absolute Gasteiger partial charge is 0.259 e. The summed E-state index contributed by atoms with van der Waals surface area (Å²) in [6.45, 7) is 2.53. The quantitative estimate of drug-likeness (QED) is 0.720. The molecule has 15 heavy (non-hydrogen) atoms. The van der Waals surface area contributed by atoms with Gasteiger partial charge in [0.2, 0.25) is 0 Å². The van der Waals surface area contributed by atoms with Gasteiger partial charge in [-0.1, -0.05) is 6.07 Å². The molecule has 0 aromatic carbocycles. The Balaban J connectivity index is 2.23. The maximum absolute atomic E-state index is 8.57. The van der Waals surface area contributed by atoms with Crippen LogP contribution in [0, 0.1) is 18.3 Å². The summed E-state index contributed by atoms with van der Waals surface area (Å²) >= 11 is 0. The van der Waals surface area contributed by atoms with Crippen molar-refractivity contribution >= 4 is 0 Å². The molecule has 74 valence electrons. The Morgan fingerprint density at radius 1 is 1.47 bits per heavy atom. The lowest BCUT2D eigenvalue weighted by Crippen LogP contribution is -2.04. The molecular weight excluding hydrogens is 190 g/mol. The molecule has 0 fully saturated rings. The third-order valence-corrected chi connectivity index (χ3v) is 2.07. The minimum Gasteiger partial charge on any atom is -0.259 e. The van der Waals surface area contributed by atoms with E-state index in [9.17, 15) is 0 Å². The first kappa shape index (κ1) is 9.34. The summed E-state index contributed by atoms with van der Waals surface area (Å²) in [6.07, 6.45) is 3.27. The fourth-order valence-electron chi connectivity index (χ4n) is 1.26. The van der Waals surface area contributed by atoms with Crippen molar-refractivity contribution in [2.75, 3.05) is 0 Å². The van der Waals surface area contributed by atoms with Crippen molar-refractivity contribution < 1.29 is 0 Å². The molecule has 0 aliphatic carbocycles. The highest BCUT2D eigenvalue weighted by Gasteiger charge is 2.02. The zero-order valence-electron chi connectivity index (χ0n) is 8.25. The third-order valence-electron chi connectivity index (χ3n) is 2.07. The molecule has 2 heterocycles. The van der Waals surface area contributed by atoms with Crippen molar-refractivity contribution in [2.24, 2.45) is 0 Å². The second-order valence-electron chi connectivity index (χ2n) is 3.14. The summed E-state index contributed by atoms with van der Waals surface area (Å²) < 4.78 is 1.61. The lowest BCUT2D eigenvalue weighted by molar-refractivity contribution is 0.665. The van der Waals surface area contributed by atoms with E-state index >= 15 is 0 Å². The minimum absolute atomic E-state index is 0.184. The van der Waals surface area contributed by atoms with E-state index in [4.69, 9.17) is 5.26 Å². The number of aromatic nitrogens is 4. The van der Waals surface area contributed by atoms with Gasteiger partial charge in [-0.25, -0.2) is 9.67 Å². The molecule has 0 N–H and O–H groups in total. The molecule has 2 aromatic rings. The van der Waals surface area contributed by atoms with Crippen LogP contribution >= 0.6 is 0 Å². The van der Waals surface area contributed by atoms with Crippen LogP contribution in [0.25, 0.3) is 0 Å². The molecule has 2 rings (SSSR count). The normalized spacial score (nSPS) is 9.87. The van der Waals surface area contributed by atoms with Crippen LogP contribution in [-0.4, -0.2) is 19.7 Å². The lowest BCUT2D eigenvalue weighted by atomic mass is 10.2. The van der Waals surface area contributed by atoms with E-state index in [1.54, 1.807) is 10.9 Å². The Labute approximate surface area is 87.0 Å². The van der Waals surface area contributed by atoms with Crippen LogP contribution in [0.1, 0.15) is 17.1 Å². The van der Waals surface area contributed by atoms with Crippen molar-refractivity contribution in [3.05, 3.63) is 41.7 Å². The minimum atomic E-state index is 0.184. The van der Waals surface area contributed by atoms with Crippen molar-refractivity contribution in [1.82, 2.24) is 19.7 Å². The molecule has 0 bridgehead atoms. The van der Waals surface area contributed by atoms with Crippen LogP contribution < -0.4 is 0 Å². The second kappa shape index (κ2) is 3.88. The first-order valence-corrected chi connectivity index (χ1v) is 4.49. The SMILES string of the molecule is Cc1cccnc1Cn1cnc(C#N)n1. The van der Waals surface area contributed by atoms with Crippen LogP contribution in [-0.2, 0) is 6.54 Å². The average Bonchev–Trinajstić information content (AvgIpc) is 2.69. The van der Waals surface area contributed by atoms with Crippen molar-refractivity contribution in [1.29, 1.82) is 5.26 Å². The van der Waals surface area contributed by atoms with Crippen molar-refractivity contribution in [3.8, 4) is 6.07 Å². The molecule has 0 saturated heterocycles. The van der Waals surface area contributed by atoms with E-state index in [1.807, 2.05) is 25.1 Å². The lowest BCUT2D eigenvalue weighted by Gasteiger charge is -2.02. The summed E-state index contributed by atoms with van der Waals surface area (Å²) in [7, 11) is 0. The van der Waals surface area contributed by atoms with Gasteiger partial charge in [-0.3, -0.25) is 4.98 Å². The van der Waals surface area contributed by atoms with E-state index in [2.05, 4.69) is 15.1 Å². The number of hydrogen-bond donors (Lipinski definition) is 0. The molecule has 5 nitrogen and oxygen atoms in total. The van der Waals surface area contributed by atoms with Crippen LogP contribution in [0.2, 0.25) is 0 Å². The maximum atomic E-state index is 8.57. The molecule has 0 aliphatic rings. The van der Waals surface area contributed by atoms with Crippen LogP contribution in [0.5, 0.6) is 0 Å². The Morgan fingerprint density at radius 2 is 2.33 bits per heavy atom. The second-order valence-corrected chi connectivity index (χ2v) is 3.14. The van der Waals surface area contributed by atoms with Gasteiger partial charge in [0.1, 0.15) is 12.4 Å². The highest BCUT2D eigenvalue weighted by molar-refractivity contribution is 5.17. The van der Waals surface area contributed by atoms with Crippen LogP contribution in [0.4, 0.5) is 0 Å². The smallest absolute Gasteiger partial charge is 0.252 e. The molecule has 0 atom stereocenters. The monoisotopic (exact) mass is 199 g/mol. The average molecular weight is 199 g/mol. The van der Waals surface area contributed by atoms with E-state index in [0.29, 0.717) is 6.54 Å². The van der Waals surface area contributed by atoms with E-state index < -0.39 is 0 Å². The van der Waals surface area contributed by atoms with Gasteiger partial charge in [0.05, 0.1) is 12.2 Å². The van der Waals surface area contributed by atoms with E-state index in [1.165, 1.54) is 6.33 Å². The summed E-state index contributed by atoms with van der Waals surface area (Å²) in [6, 6.07) is 5.76. The fourth-order valence-corrected chi connectivity index (χ4v) is 1.26. The van der Waals surface area contributed by atoms with Gasteiger partial charge in [0, 0.05) is 6.20 Å². The van der Waals surface area contributed by atoms with Crippen LogP contribution in [0.15, 0.2) is 24.7 Å². The topological polar surface area (TPSA) is 67.4 Å². The first-order chi connectivity index (χ1) is 7.29. The Bertz CT molecular complexity index is 509. The van der Waals surface area contributed by atoms with E-state index in [0.717, 1.165) is 11.3 Å².